The molecule has 0 bridgehead atoms. The number of fused-ring (bicyclic) bond motifs is 1. The maximum absolute atomic E-state index is 12.9. The zero-order chi connectivity index (χ0) is 21.5. The highest BCUT2D eigenvalue weighted by Crippen LogP contribution is 2.40. The van der Waals surface area contributed by atoms with Gasteiger partial charge in [0.2, 0.25) is 6.79 Å². The predicted octanol–water partition coefficient (Wildman–Crippen LogP) is 4.64. The van der Waals surface area contributed by atoms with E-state index in [1.807, 2.05) is 0 Å². The third kappa shape index (κ3) is 3.32. The quantitative estimate of drug-likeness (QED) is 0.360. The Morgan fingerprint density at radius 1 is 1.10 bits per heavy atom. The van der Waals surface area contributed by atoms with Crippen molar-refractivity contribution in [3.63, 3.8) is 0 Å². The van der Waals surface area contributed by atoms with Gasteiger partial charge in [0.25, 0.3) is 11.6 Å². The summed E-state index contributed by atoms with van der Waals surface area (Å²) in [6, 6.07) is 14.5. The highest BCUT2D eigenvalue weighted by molar-refractivity contribution is 8.19. The highest BCUT2D eigenvalue weighted by atomic mass is 32.2. The molecule has 5 rings (SSSR count). The van der Waals surface area contributed by atoms with Crippen molar-refractivity contribution in [3.05, 3.63) is 75.4 Å². The standard InChI is InChI=1S/C21H13N3O6S/c22-21-23(12-5-7-17-18(9-12)29-11-28-17)20(25)19(31-21)10-13-6-8-16(30-13)14-3-1-2-4-15(14)24(26)27/h1-10,22H,11H2. The number of furan rings is 1. The number of para-hydroxylation sites is 1. The lowest BCUT2D eigenvalue weighted by atomic mass is 10.1. The number of hydrogen-bond acceptors (Lipinski definition) is 8. The van der Waals surface area contributed by atoms with Gasteiger partial charge >= 0.3 is 0 Å². The first-order chi connectivity index (χ1) is 15.0. The first-order valence-electron chi connectivity index (χ1n) is 9.07. The maximum atomic E-state index is 12.9. The van der Waals surface area contributed by atoms with Crippen LogP contribution in [0, 0.1) is 15.5 Å². The molecule has 0 saturated carbocycles. The fourth-order valence-electron chi connectivity index (χ4n) is 3.29. The van der Waals surface area contributed by atoms with Crippen LogP contribution in [-0.2, 0) is 4.79 Å². The van der Waals surface area contributed by atoms with Crippen molar-refractivity contribution in [3.8, 4) is 22.8 Å². The fourth-order valence-corrected chi connectivity index (χ4v) is 4.13. The van der Waals surface area contributed by atoms with Crippen LogP contribution in [0.15, 0.2) is 63.9 Å². The molecule has 31 heavy (non-hydrogen) atoms. The molecule has 0 spiro atoms. The van der Waals surface area contributed by atoms with Crippen LogP contribution in [0.1, 0.15) is 5.76 Å². The maximum Gasteiger partial charge on any atom is 0.280 e. The van der Waals surface area contributed by atoms with Crippen LogP contribution in [0.4, 0.5) is 11.4 Å². The third-order valence-corrected chi connectivity index (χ3v) is 5.59. The Balaban J connectivity index is 1.43. The lowest BCUT2D eigenvalue weighted by molar-refractivity contribution is -0.384. The number of benzene rings is 2. The summed E-state index contributed by atoms with van der Waals surface area (Å²) in [6.45, 7) is 0.116. The molecule has 1 aromatic heterocycles. The number of nitrogens with zero attached hydrogens (tertiary/aromatic N) is 2. The van der Waals surface area contributed by atoms with Gasteiger partial charge in [-0.25, -0.2) is 0 Å². The van der Waals surface area contributed by atoms with Crippen LogP contribution in [0.3, 0.4) is 0 Å². The van der Waals surface area contributed by atoms with Crippen LogP contribution >= 0.6 is 11.8 Å². The van der Waals surface area contributed by atoms with Crippen molar-refractivity contribution in [1.29, 1.82) is 5.41 Å². The van der Waals surface area contributed by atoms with Crippen molar-refractivity contribution in [2.75, 3.05) is 11.7 Å². The number of ether oxygens (including phenoxy) is 2. The average molecular weight is 435 g/mol. The van der Waals surface area contributed by atoms with Gasteiger partial charge in [-0.15, -0.1) is 0 Å². The molecular formula is C21H13N3O6S. The number of amidine groups is 1. The van der Waals surface area contributed by atoms with E-state index in [0.717, 1.165) is 11.8 Å². The van der Waals surface area contributed by atoms with E-state index in [1.165, 1.54) is 17.0 Å². The molecule has 0 aliphatic carbocycles. The molecule has 1 amide bonds. The average Bonchev–Trinajstić information content (AvgIpc) is 3.47. The number of carbonyl (C=O) groups excluding carboxylic acids is 1. The summed E-state index contributed by atoms with van der Waals surface area (Å²) in [7, 11) is 0. The van der Waals surface area contributed by atoms with Crippen LogP contribution in [0.25, 0.3) is 17.4 Å². The van der Waals surface area contributed by atoms with E-state index in [9.17, 15) is 14.9 Å². The molecule has 3 heterocycles. The molecule has 0 atom stereocenters. The number of hydrogen-bond donors (Lipinski definition) is 1. The zero-order valence-corrected chi connectivity index (χ0v) is 16.5. The topological polar surface area (TPSA) is 119 Å². The van der Waals surface area contributed by atoms with Gasteiger partial charge < -0.3 is 13.9 Å². The van der Waals surface area contributed by atoms with E-state index in [-0.39, 0.29) is 23.6 Å². The molecular weight excluding hydrogens is 422 g/mol. The minimum Gasteiger partial charge on any atom is -0.456 e. The van der Waals surface area contributed by atoms with E-state index in [1.54, 1.807) is 48.5 Å². The SMILES string of the molecule is N=C1SC(=Cc2ccc(-c3ccccc3[N+](=O)[O-])o2)C(=O)N1c1ccc2c(c1)OCO2. The van der Waals surface area contributed by atoms with E-state index in [4.69, 9.17) is 19.3 Å². The number of nitro benzene ring substituents is 1. The number of rotatable bonds is 4. The van der Waals surface area contributed by atoms with Gasteiger partial charge in [0.1, 0.15) is 11.5 Å². The Bertz CT molecular complexity index is 1280. The molecule has 3 aromatic rings. The van der Waals surface area contributed by atoms with Crippen molar-refractivity contribution in [1.82, 2.24) is 0 Å². The van der Waals surface area contributed by atoms with Gasteiger partial charge in [-0.3, -0.25) is 25.2 Å². The largest absolute Gasteiger partial charge is 0.456 e. The predicted molar refractivity (Wildman–Crippen MR) is 114 cm³/mol. The third-order valence-electron chi connectivity index (χ3n) is 4.70. The van der Waals surface area contributed by atoms with Gasteiger partial charge in [0.15, 0.2) is 16.7 Å². The summed E-state index contributed by atoms with van der Waals surface area (Å²) in [5.74, 6) is 1.39. The van der Waals surface area contributed by atoms with Crippen molar-refractivity contribution in [2.24, 2.45) is 0 Å². The molecule has 9 nitrogen and oxygen atoms in total. The van der Waals surface area contributed by atoms with Crippen LogP contribution in [-0.4, -0.2) is 22.8 Å². The van der Waals surface area contributed by atoms with Gasteiger partial charge in [0, 0.05) is 18.2 Å². The van der Waals surface area contributed by atoms with Crippen LogP contribution in [0.2, 0.25) is 0 Å². The Labute approximate surface area is 179 Å². The summed E-state index contributed by atoms with van der Waals surface area (Å²) in [5.41, 5.74) is 0.769. The first-order valence-corrected chi connectivity index (χ1v) is 9.89. The lowest BCUT2D eigenvalue weighted by Gasteiger charge is -2.14. The number of thioether (sulfide) groups is 1. The van der Waals surface area contributed by atoms with E-state index < -0.39 is 4.92 Å². The monoisotopic (exact) mass is 435 g/mol. The number of anilines is 1. The Kier molecular flexibility index (Phi) is 4.48. The van der Waals surface area contributed by atoms with Crippen molar-refractivity contribution >= 4 is 40.3 Å². The summed E-state index contributed by atoms with van der Waals surface area (Å²) in [4.78, 5) is 25.3. The minimum absolute atomic E-state index is 0.0422. The second-order valence-electron chi connectivity index (χ2n) is 6.57. The molecule has 2 aliphatic rings. The van der Waals surface area contributed by atoms with Crippen molar-refractivity contribution < 1.29 is 23.6 Å². The Morgan fingerprint density at radius 3 is 2.74 bits per heavy atom. The van der Waals surface area contributed by atoms with Gasteiger partial charge in [-0.05, 0) is 42.1 Å². The summed E-state index contributed by atoms with van der Waals surface area (Å²) in [6.07, 6.45) is 1.52. The van der Waals surface area contributed by atoms with Gasteiger partial charge in [0.05, 0.1) is 21.1 Å². The summed E-state index contributed by atoms with van der Waals surface area (Å²) >= 11 is 0.998. The van der Waals surface area contributed by atoms with Gasteiger partial charge in [-0.2, -0.15) is 0 Å². The first kappa shape index (κ1) is 18.9. The van der Waals surface area contributed by atoms with Crippen LogP contribution < -0.4 is 14.4 Å². The molecule has 2 aliphatic heterocycles. The molecule has 0 unspecified atom stereocenters. The van der Waals surface area contributed by atoms with Crippen LogP contribution in [0.5, 0.6) is 11.5 Å². The number of nitro groups is 1. The number of nitrogens with one attached hydrogen (secondary N) is 1. The zero-order valence-electron chi connectivity index (χ0n) is 15.7. The molecule has 1 fully saturated rings. The fraction of sp³-hybridized carbons (Fsp3) is 0.0476. The summed E-state index contributed by atoms with van der Waals surface area (Å²) in [5, 5.41) is 19.5. The molecule has 0 radical (unpaired) electrons. The molecule has 2 aromatic carbocycles. The van der Waals surface area contributed by atoms with E-state index in [0.29, 0.717) is 39.2 Å². The minimum atomic E-state index is -0.475. The lowest BCUT2D eigenvalue weighted by Crippen LogP contribution is -2.28. The Morgan fingerprint density at radius 2 is 1.90 bits per heavy atom. The molecule has 1 saturated heterocycles. The second kappa shape index (κ2) is 7.33. The van der Waals surface area contributed by atoms with Gasteiger partial charge in [-0.1, -0.05) is 12.1 Å². The smallest absolute Gasteiger partial charge is 0.280 e. The molecule has 154 valence electrons. The Hall–Kier alpha value is -4.05. The molecule has 10 heteroatoms. The number of amides is 1. The van der Waals surface area contributed by atoms with E-state index in [2.05, 4.69) is 0 Å². The van der Waals surface area contributed by atoms with Crippen molar-refractivity contribution in [2.45, 2.75) is 0 Å². The summed E-state index contributed by atoms with van der Waals surface area (Å²) < 4.78 is 16.4. The normalized spacial score (nSPS) is 16.4. The highest BCUT2D eigenvalue weighted by Gasteiger charge is 2.34. The van der Waals surface area contributed by atoms with E-state index >= 15 is 0 Å². The molecule has 1 N–H and O–H groups in total. The number of carbonyl (C=O) groups is 1. The second-order valence-corrected chi connectivity index (χ2v) is 7.60.